The van der Waals surface area contributed by atoms with Crippen molar-refractivity contribution in [3.05, 3.63) is 24.2 Å². The van der Waals surface area contributed by atoms with Gasteiger partial charge in [0.2, 0.25) is 0 Å². The molecule has 1 rings (SSSR count). The van der Waals surface area contributed by atoms with Gasteiger partial charge in [0.05, 0.1) is 18.3 Å². The van der Waals surface area contributed by atoms with Gasteiger partial charge in [-0.2, -0.15) is 0 Å². The fourth-order valence-electron chi connectivity index (χ4n) is 0.678. The van der Waals surface area contributed by atoms with Gasteiger partial charge >= 0.3 is 0 Å². The van der Waals surface area contributed by atoms with E-state index < -0.39 is 9.84 Å². The van der Waals surface area contributed by atoms with Crippen LogP contribution in [0.1, 0.15) is 5.56 Å². The van der Waals surface area contributed by atoms with Gasteiger partial charge in [-0.3, -0.25) is 0 Å². The van der Waals surface area contributed by atoms with Crippen molar-refractivity contribution < 1.29 is 12.8 Å². The summed E-state index contributed by atoms with van der Waals surface area (Å²) in [5.74, 6) is 0.0590. The molecule has 0 saturated heterocycles. The van der Waals surface area contributed by atoms with Gasteiger partial charge in [-0.25, -0.2) is 8.42 Å². The third-order valence-corrected chi connectivity index (χ3v) is 1.87. The van der Waals surface area contributed by atoms with Crippen LogP contribution in [0.25, 0.3) is 0 Å². The monoisotopic (exact) mass is 160 g/mol. The molecule has 1 aromatic heterocycles. The zero-order valence-electron chi connectivity index (χ0n) is 5.57. The minimum absolute atomic E-state index is 0.0590. The van der Waals surface area contributed by atoms with Gasteiger partial charge in [0.15, 0.2) is 9.84 Å². The summed E-state index contributed by atoms with van der Waals surface area (Å²) in [6.07, 6.45) is 4.08. The molecule has 1 aromatic rings. The molecule has 1 heterocycles. The van der Waals surface area contributed by atoms with E-state index in [1.54, 1.807) is 6.07 Å². The van der Waals surface area contributed by atoms with Gasteiger partial charge in [-0.1, -0.05) is 0 Å². The highest BCUT2D eigenvalue weighted by Crippen LogP contribution is 2.04. The van der Waals surface area contributed by atoms with Crippen molar-refractivity contribution in [3.63, 3.8) is 0 Å². The fourth-order valence-corrected chi connectivity index (χ4v) is 1.45. The van der Waals surface area contributed by atoms with E-state index >= 15 is 0 Å². The fraction of sp³-hybridized carbons (Fsp3) is 0.333. The highest BCUT2D eigenvalue weighted by Gasteiger charge is 2.03. The summed E-state index contributed by atoms with van der Waals surface area (Å²) in [6.45, 7) is 0. The molecular weight excluding hydrogens is 152 g/mol. The zero-order valence-corrected chi connectivity index (χ0v) is 6.39. The molecule has 0 aliphatic carbocycles. The Morgan fingerprint density at radius 3 is 2.70 bits per heavy atom. The van der Waals surface area contributed by atoms with Crippen LogP contribution < -0.4 is 0 Å². The Labute approximate surface area is 59.6 Å². The van der Waals surface area contributed by atoms with E-state index in [0.29, 0.717) is 5.56 Å². The third-order valence-electron chi connectivity index (χ3n) is 1.01. The molecule has 3 nitrogen and oxygen atoms in total. The van der Waals surface area contributed by atoms with Gasteiger partial charge in [0.1, 0.15) is 0 Å². The van der Waals surface area contributed by atoms with E-state index in [4.69, 9.17) is 4.42 Å². The van der Waals surface area contributed by atoms with Gasteiger partial charge in [0.25, 0.3) is 0 Å². The Balaban J connectivity index is 2.75. The second-order valence-electron chi connectivity index (χ2n) is 2.20. The maximum absolute atomic E-state index is 10.7. The lowest BCUT2D eigenvalue weighted by Crippen LogP contribution is -1.98. The molecule has 0 N–H and O–H groups in total. The first kappa shape index (κ1) is 7.34. The molecule has 0 aliphatic rings. The van der Waals surface area contributed by atoms with Crippen molar-refractivity contribution in [1.29, 1.82) is 0 Å². The van der Waals surface area contributed by atoms with Crippen molar-refractivity contribution in [2.75, 3.05) is 6.26 Å². The Hall–Kier alpha value is -0.770. The zero-order chi connectivity index (χ0) is 7.61. The first-order chi connectivity index (χ1) is 4.58. The van der Waals surface area contributed by atoms with Gasteiger partial charge < -0.3 is 4.42 Å². The molecule has 0 unspecified atom stereocenters. The normalized spacial score (nSPS) is 11.7. The van der Waals surface area contributed by atoms with E-state index in [1.807, 2.05) is 0 Å². The highest BCUT2D eigenvalue weighted by atomic mass is 32.2. The molecule has 0 bridgehead atoms. The molecule has 4 heteroatoms. The molecule has 0 spiro atoms. The Kier molecular flexibility index (Phi) is 1.80. The smallest absolute Gasteiger partial charge is 0.151 e. The lowest BCUT2D eigenvalue weighted by Gasteiger charge is -1.90. The van der Waals surface area contributed by atoms with Crippen LogP contribution >= 0.6 is 0 Å². The number of hydrogen-bond acceptors (Lipinski definition) is 3. The minimum atomic E-state index is -2.91. The second kappa shape index (κ2) is 2.46. The van der Waals surface area contributed by atoms with Gasteiger partial charge in [0, 0.05) is 11.8 Å². The molecule has 56 valence electrons. The SMILES string of the molecule is CS(=O)(=O)Cc1ccoc1. The highest BCUT2D eigenvalue weighted by molar-refractivity contribution is 7.89. The number of sulfone groups is 1. The largest absolute Gasteiger partial charge is 0.472 e. The van der Waals surface area contributed by atoms with Crippen molar-refractivity contribution in [3.8, 4) is 0 Å². The Morgan fingerprint density at radius 1 is 1.60 bits per heavy atom. The summed E-state index contributed by atoms with van der Waals surface area (Å²) in [7, 11) is -2.91. The summed E-state index contributed by atoms with van der Waals surface area (Å²) in [4.78, 5) is 0. The first-order valence-electron chi connectivity index (χ1n) is 2.77. The average Bonchev–Trinajstić information content (AvgIpc) is 2.12. The molecule has 0 amide bonds. The third kappa shape index (κ3) is 2.23. The maximum Gasteiger partial charge on any atom is 0.151 e. The van der Waals surface area contributed by atoms with Crippen LogP contribution in [-0.2, 0) is 15.6 Å². The van der Waals surface area contributed by atoms with Crippen molar-refractivity contribution in [2.45, 2.75) is 5.75 Å². The molecule has 0 aromatic carbocycles. The molecule has 0 aliphatic heterocycles. The van der Waals surface area contributed by atoms with Crippen molar-refractivity contribution in [2.24, 2.45) is 0 Å². The van der Waals surface area contributed by atoms with Crippen LogP contribution in [0, 0.1) is 0 Å². The summed E-state index contributed by atoms with van der Waals surface area (Å²) < 4.78 is 26.0. The summed E-state index contributed by atoms with van der Waals surface area (Å²) in [5, 5.41) is 0. The Bertz CT molecular complexity index is 283. The molecule has 0 atom stereocenters. The maximum atomic E-state index is 10.7. The lowest BCUT2D eigenvalue weighted by molar-refractivity contribution is 0.564. The predicted octanol–water partition coefficient (Wildman–Crippen LogP) is 0.824. The van der Waals surface area contributed by atoms with Gasteiger partial charge in [-0.15, -0.1) is 0 Å². The van der Waals surface area contributed by atoms with Crippen LogP contribution in [0.15, 0.2) is 23.0 Å². The number of rotatable bonds is 2. The predicted molar refractivity (Wildman–Crippen MR) is 37.3 cm³/mol. The molecule has 0 saturated carbocycles. The van der Waals surface area contributed by atoms with E-state index in [0.717, 1.165) is 0 Å². The Morgan fingerprint density at radius 2 is 2.30 bits per heavy atom. The van der Waals surface area contributed by atoms with Crippen molar-refractivity contribution in [1.82, 2.24) is 0 Å². The standard InChI is InChI=1S/C6H8O3S/c1-10(7,8)5-6-2-3-9-4-6/h2-4H,5H2,1H3. The molecule has 10 heavy (non-hydrogen) atoms. The van der Waals surface area contributed by atoms with Crippen LogP contribution in [0.2, 0.25) is 0 Å². The molecular formula is C6H8O3S. The van der Waals surface area contributed by atoms with Crippen LogP contribution in [0.5, 0.6) is 0 Å². The van der Waals surface area contributed by atoms with Crippen LogP contribution in [-0.4, -0.2) is 14.7 Å². The quantitative estimate of drug-likeness (QED) is 0.643. The number of furan rings is 1. The van der Waals surface area contributed by atoms with E-state index in [1.165, 1.54) is 18.8 Å². The molecule has 0 fully saturated rings. The van der Waals surface area contributed by atoms with Crippen molar-refractivity contribution >= 4 is 9.84 Å². The lowest BCUT2D eigenvalue weighted by atomic mass is 10.4. The second-order valence-corrected chi connectivity index (χ2v) is 4.34. The van der Waals surface area contributed by atoms with Gasteiger partial charge in [-0.05, 0) is 6.07 Å². The van der Waals surface area contributed by atoms with E-state index in [2.05, 4.69) is 0 Å². The van der Waals surface area contributed by atoms with Crippen LogP contribution in [0.4, 0.5) is 0 Å². The molecule has 0 radical (unpaired) electrons. The van der Waals surface area contributed by atoms with E-state index in [-0.39, 0.29) is 5.75 Å². The summed E-state index contributed by atoms with van der Waals surface area (Å²) in [6, 6.07) is 1.64. The number of hydrogen-bond donors (Lipinski definition) is 0. The first-order valence-corrected chi connectivity index (χ1v) is 4.83. The average molecular weight is 160 g/mol. The van der Waals surface area contributed by atoms with E-state index in [9.17, 15) is 8.42 Å². The minimum Gasteiger partial charge on any atom is -0.472 e. The van der Waals surface area contributed by atoms with Crippen LogP contribution in [0.3, 0.4) is 0 Å². The summed E-state index contributed by atoms with van der Waals surface area (Å²) >= 11 is 0. The topological polar surface area (TPSA) is 47.3 Å². The summed E-state index contributed by atoms with van der Waals surface area (Å²) in [5.41, 5.74) is 0.697.